The third-order valence-corrected chi connectivity index (χ3v) is 2.84. The number of ether oxygens (including phenoxy) is 1. The molecule has 1 atom stereocenters. The minimum Gasteiger partial charge on any atom is -0.377 e. The molecular formula is C11H12FIN2O. The molecule has 0 radical (unpaired) electrons. The highest BCUT2D eigenvalue weighted by Gasteiger charge is 2.22. The minimum atomic E-state index is -0.213. The van der Waals surface area contributed by atoms with E-state index in [9.17, 15) is 4.39 Å². The number of hydrogen-bond donors (Lipinski definition) is 0. The smallest absolute Gasteiger partial charge is 0.123 e. The highest BCUT2D eigenvalue weighted by atomic mass is 127. The van der Waals surface area contributed by atoms with Crippen LogP contribution in [0.4, 0.5) is 4.39 Å². The summed E-state index contributed by atoms with van der Waals surface area (Å²) in [6, 6.07) is 6.69. The molecule has 0 spiro atoms. The molecule has 3 nitrogen and oxygen atoms in total. The summed E-state index contributed by atoms with van der Waals surface area (Å²) < 4.78 is 22.5. The van der Waals surface area contributed by atoms with Crippen LogP contribution in [0.2, 0.25) is 0 Å². The fourth-order valence-corrected chi connectivity index (χ4v) is 2.13. The van der Waals surface area contributed by atoms with Gasteiger partial charge in [-0.05, 0) is 17.7 Å². The Morgan fingerprint density at radius 2 is 2.44 bits per heavy atom. The molecule has 1 aliphatic rings. The van der Waals surface area contributed by atoms with Gasteiger partial charge in [-0.25, -0.2) is 7.60 Å². The fraction of sp³-hybridized carbons (Fsp3) is 0.364. The maximum atomic E-state index is 13.1. The molecule has 1 heterocycles. The lowest BCUT2D eigenvalue weighted by molar-refractivity contribution is 0.0282. The Morgan fingerprint density at radius 3 is 3.19 bits per heavy atom. The first-order chi connectivity index (χ1) is 7.81. The van der Waals surface area contributed by atoms with E-state index in [0.717, 1.165) is 12.1 Å². The first-order valence-electron chi connectivity index (χ1n) is 5.04. The van der Waals surface area contributed by atoms with E-state index in [1.807, 2.05) is 28.9 Å². The predicted octanol–water partition coefficient (Wildman–Crippen LogP) is 2.58. The summed E-state index contributed by atoms with van der Waals surface area (Å²) in [7, 11) is 0. The van der Waals surface area contributed by atoms with Crippen LogP contribution in [-0.2, 0) is 4.74 Å². The van der Waals surface area contributed by atoms with Gasteiger partial charge in [-0.3, -0.25) is 0 Å². The van der Waals surface area contributed by atoms with Gasteiger partial charge in [-0.15, -0.1) is 0 Å². The zero-order valence-electron chi connectivity index (χ0n) is 8.64. The molecule has 1 aliphatic heterocycles. The fourth-order valence-electron chi connectivity index (χ4n) is 1.81. The standard InChI is InChI=1S/C11H12FIN2O/c12-10-3-1-2-9(6-10)11-7-16-5-4-15(11)8-14-13/h1-3,6,8,11H,4-5,7H2/b14-8+. The van der Waals surface area contributed by atoms with Crippen molar-refractivity contribution in [3.05, 3.63) is 35.6 Å². The van der Waals surface area contributed by atoms with Crippen LogP contribution in [0.15, 0.2) is 27.5 Å². The van der Waals surface area contributed by atoms with Gasteiger partial charge in [0.15, 0.2) is 0 Å². The summed E-state index contributed by atoms with van der Waals surface area (Å²) in [6.07, 6.45) is 1.78. The van der Waals surface area contributed by atoms with Gasteiger partial charge in [0, 0.05) is 6.54 Å². The number of morpholine rings is 1. The molecular weight excluding hydrogens is 322 g/mol. The Kier molecular flexibility index (Phi) is 4.11. The molecule has 1 fully saturated rings. The van der Waals surface area contributed by atoms with Crippen molar-refractivity contribution in [1.82, 2.24) is 4.90 Å². The number of halogens is 2. The number of hydrogen-bond acceptors (Lipinski definition) is 2. The minimum absolute atomic E-state index is 0.0583. The Morgan fingerprint density at radius 1 is 1.56 bits per heavy atom. The Bertz CT molecular complexity index is 386. The van der Waals surface area contributed by atoms with E-state index in [2.05, 4.69) is 8.11 Å². The predicted molar refractivity (Wildman–Crippen MR) is 69.2 cm³/mol. The quantitative estimate of drug-likeness (QED) is 0.472. The third-order valence-electron chi connectivity index (χ3n) is 2.60. The Labute approximate surface area is 108 Å². The van der Waals surface area contributed by atoms with Crippen LogP contribution in [0.1, 0.15) is 11.6 Å². The molecule has 0 aromatic heterocycles. The lowest BCUT2D eigenvalue weighted by Crippen LogP contribution is -2.38. The molecule has 0 bridgehead atoms. The molecule has 1 aromatic carbocycles. The van der Waals surface area contributed by atoms with Crippen LogP contribution < -0.4 is 0 Å². The number of nitrogens with zero attached hydrogens (tertiary/aromatic N) is 2. The zero-order valence-corrected chi connectivity index (χ0v) is 10.8. The number of benzene rings is 1. The van der Waals surface area contributed by atoms with Gasteiger partial charge in [-0.1, -0.05) is 12.1 Å². The van der Waals surface area contributed by atoms with Crippen LogP contribution >= 0.6 is 22.9 Å². The summed E-state index contributed by atoms with van der Waals surface area (Å²) in [5, 5.41) is 0. The third kappa shape index (κ3) is 2.70. The lowest BCUT2D eigenvalue weighted by Gasteiger charge is -2.34. The average Bonchev–Trinajstić information content (AvgIpc) is 2.30. The first kappa shape index (κ1) is 11.8. The maximum Gasteiger partial charge on any atom is 0.123 e. The van der Waals surface area contributed by atoms with E-state index in [1.54, 1.807) is 18.5 Å². The van der Waals surface area contributed by atoms with Gasteiger partial charge in [0.1, 0.15) is 5.82 Å². The highest BCUT2D eigenvalue weighted by molar-refractivity contribution is 14.1. The molecule has 2 rings (SSSR count). The maximum absolute atomic E-state index is 13.1. The van der Waals surface area contributed by atoms with E-state index < -0.39 is 0 Å². The van der Waals surface area contributed by atoms with Gasteiger partial charge < -0.3 is 9.64 Å². The van der Waals surface area contributed by atoms with Crippen LogP contribution in [0.5, 0.6) is 0 Å². The van der Waals surface area contributed by atoms with E-state index in [4.69, 9.17) is 4.74 Å². The van der Waals surface area contributed by atoms with Crippen molar-refractivity contribution in [2.45, 2.75) is 6.04 Å². The molecule has 1 saturated heterocycles. The van der Waals surface area contributed by atoms with Crippen LogP contribution in [-0.4, -0.2) is 31.0 Å². The summed E-state index contributed by atoms with van der Waals surface area (Å²) in [4.78, 5) is 2.07. The average molecular weight is 334 g/mol. The van der Waals surface area contributed by atoms with Crippen molar-refractivity contribution in [2.24, 2.45) is 3.21 Å². The molecule has 1 aromatic rings. The van der Waals surface area contributed by atoms with E-state index in [1.165, 1.54) is 6.07 Å². The molecule has 0 saturated carbocycles. The topological polar surface area (TPSA) is 24.8 Å². The van der Waals surface area contributed by atoms with Gasteiger partial charge >= 0.3 is 0 Å². The van der Waals surface area contributed by atoms with Gasteiger partial charge in [0.2, 0.25) is 0 Å². The zero-order chi connectivity index (χ0) is 11.4. The monoisotopic (exact) mass is 334 g/mol. The first-order valence-corrected chi connectivity index (χ1v) is 6.01. The SMILES string of the molecule is Fc1cccc(C2COCCN2/C=N/I)c1. The molecule has 86 valence electrons. The van der Waals surface area contributed by atoms with Crippen molar-refractivity contribution in [1.29, 1.82) is 0 Å². The molecule has 0 amide bonds. The molecule has 5 heteroatoms. The lowest BCUT2D eigenvalue weighted by atomic mass is 10.1. The van der Waals surface area contributed by atoms with Crippen molar-refractivity contribution >= 4 is 29.2 Å². The second-order valence-electron chi connectivity index (χ2n) is 3.60. The Hall–Kier alpha value is -0.690. The molecule has 0 aliphatic carbocycles. The molecule has 0 N–H and O–H groups in total. The van der Waals surface area contributed by atoms with Gasteiger partial charge in [0.05, 0.1) is 48.5 Å². The van der Waals surface area contributed by atoms with Crippen molar-refractivity contribution in [2.75, 3.05) is 19.8 Å². The summed E-state index contributed by atoms with van der Waals surface area (Å²) in [5.74, 6) is -0.213. The summed E-state index contributed by atoms with van der Waals surface area (Å²) in [5.41, 5.74) is 0.927. The van der Waals surface area contributed by atoms with Crippen LogP contribution in [0, 0.1) is 5.82 Å². The number of rotatable bonds is 2. The summed E-state index contributed by atoms with van der Waals surface area (Å²) in [6.45, 7) is 2.05. The van der Waals surface area contributed by atoms with Crippen molar-refractivity contribution < 1.29 is 9.13 Å². The van der Waals surface area contributed by atoms with Gasteiger partial charge in [0.25, 0.3) is 0 Å². The highest BCUT2D eigenvalue weighted by Crippen LogP contribution is 2.23. The van der Waals surface area contributed by atoms with E-state index in [0.29, 0.717) is 13.2 Å². The van der Waals surface area contributed by atoms with Crippen LogP contribution in [0.25, 0.3) is 0 Å². The van der Waals surface area contributed by atoms with E-state index in [-0.39, 0.29) is 11.9 Å². The van der Waals surface area contributed by atoms with Crippen molar-refractivity contribution in [3.63, 3.8) is 0 Å². The largest absolute Gasteiger partial charge is 0.377 e. The van der Waals surface area contributed by atoms with Crippen LogP contribution in [0.3, 0.4) is 0 Å². The molecule has 16 heavy (non-hydrogen) atoms. The molecule has 1 unspecified atom stereocenters. The summed E-state index contributed by atoms with van der Waals surface area (Å²) >= 11 is 1.94. The van der Waals surface area contributed by atoms with Gasteiger partial charge in [-0.2, -0.15) is 0 Å². The Balaban J connectivity index is 2.22. The van der Waals surface area contributed by atoms with Crippen molar-refractivity contribution in [3.8, 4) is 0 Å². The second-order valence-corrected chi connectivity index (χ2v) is 4.15. The normalized spacial score (nSPS) is 21.6. The second kappa shape index (κ2) is 5.58. The van der Waals surface area contributed by atoms with E-state index >= 15 is 0 Å².